The number of amides is 1. The second-order valence-electron chi connectivity index (χ2n) is 2.57. The number of rotatable bonds is 4. The number of aromatic nitrogens is 2. The Balaban J connectivity index is 2.37. The summed E-state index contributed by atoms with van der Waals surface area (Å²) in [5.41, 5.74) is 10.1. The molecule has 14 heavy (non-hydrogen) atoms. The van der Waals surface area contributed by atoms with Gasteiger partial charge >= 0.3 is 5.97 Å². The van der Waals surface area contributed by atoms with E-state index in [1.54, 1.807) is 6.07 Å². The van der Waals surface area contributed by atoms with Crippen LogP contribution in [0.3, 0.4) is 0 Å². The monoisotopic (exact) mass is 198 g/mol. The first-order valence-electron chi connectivity index (χ1n) is 3.81. The molecule has 0 saturated carbocycles. The number of esters is 1. The molecule has 7 nitrogen and oxygen atoms in total. The molecular formula is C7H10N4O3. The third-order valence-electron chi connectivity index (χ3n) is 1.33. The SMILES string of the molecule is NC(=O)COC(=O)Cn1ccc(N)n1. The standard InChI is InChI=1S/C7H10N4O3/c8-5-1-2-11(10-5)3-7(13)14-4-6(9)12/h1-2H,3-4H2,(H2,8,10)(H2,9,12). The van der Waals surface area contributed by atoms with Gasteiger partial charge in [0.25, 0.3) is 5.91 Å². The molecule has 0 atom stereocenters. The van der Waals surface area contributed by atoms with Crippen LogP contribution in [0.25, 0.3) is 0 Å². The quantitative estimate of drug-likeness (QED) is 0.571. The lowest BCUT2D eigenvalue weighted by Crippen LogP contribution is -2.23. The molecule has 0 saturated heterocycles. The maximum Gasteiger partial charge on any atom is 0.328 e. The normalized spacial score (nSPS) is 9.71. The summed E-state index contributed by atoms with van der Waals surface area (Å²) in [5, 5.41) is 3.76. The third kappa shape index (κ3) is 3.13. The van der Waals surface area contributed by atoms with E-state index in [2.05, 4.69) is 9.84 Å². The minimum atomic E-state index is -0.696. The highest BCUT2D eigenvalue weighted by atomic mass is 16.5. The van der Waals surface area contributed by atoms with E-state index in [-0.39, 0.29) is 6.54 Å². The molecule has 1 amide bonds. The zero-order valence-corrected chi connectivity index (χ0v) is 7.34. The summed E-state index contributed by atoms with van der Waals surface area (Å²) in [6.07, 6.45) is 1.53. The smallest absolute Gasteiger partial charge is 0.328 e. The summed E-state index contributed by atoms with van der Waals surface area (Å²) in [4.78, 5) is 21.3. The van der Waals surface area contributed by atoms with Crippen molar-refractivity contribution in [3.05, 3.63) is 12.3 Å². The fourth-order valence-electron chi connectivity index (χ4n) is 0.795. The number of nitrogens with zero attached hydrogens (tertiary/aromatic N) is 2. The lowest BCUT2D eigenvalue weighted by molar-refractivity contribution is -0.148. The molecule has 0 unspecified atom stereocenters. The van der Waals surface area contributed by atoms with Gasteiger partial charge in [0.15, 0.2) is 6.61 Å². The molecule has 0 radical (unpaired) electrons. The van der Waals surface area contributed by atoms with Crippen LogP contribution in [0.1, 0.15) is 0 Å². The number of nitrogens with two attached hydrogens (primary N) is 2. The van der Waals surface area contributed by atoms with E-state index in [1.165, 1.54) is 10.9 Å². The van der Waals surface area contributed by atoms with Crippen LogP contribution in [-0.2, 0) is 20.9 Å². The molecule has 0 bridgehead atoms. The summed E-state index contributed by atoms with van der Waals surface area (Å²) < 4.78 is 5.81. The van der Waals surface area contributed by atoms with E-state index in [9.17, 15) is 9.59 Å². The van der Waals surface area contributed by atoms with Gasteiger partial charge in [0.05, 0.1) is 0 Å². The van der Waals surface area contributed by atoms with Crippen molar-refractivity contribution in [3.63, 3.8) is 0 Å². The number of carbonyl (C=O) groups is 2. The van der Waals surface area contributed by atoms with Crippen molar-refractivity contribution in [3.8, 4) is 0 Å². The van der Waals surface area contributed by atoms with Crippen LogP contribution < -0.4 is 11.5 Å². The van der Waals surface area contributed by atoms with Crippen molar-refractivity contribution in [1.82, 2.24) is 9.78 Å². The zero-order chi connectivity index (χ0) is 10.6. The highest BCUT2D eigenvalue weighted by molar-refractivity contribution is 5.78. The average molecular weight is 198 g/mol. The predicted octanol–water partition coefficient (Wildman–Crippen LogP) is -1.51. The zero-order valence-electron chi connectivity index (χ0n) is 7.34. The highest BCUT2D eigenvalue weighted by Gasteiger charge is 2.06. The average Bonchev–Trinajstić information content (AvgIpc) is 2.48. The lowest BCUT2D eigenvalue weighted by Gasteiger charge is -2.01. The van der Waals surface area contributed by atoms with Crippen LogP contribution in [0.2, 0.25) is 0 Å². The number of hydrogen-bond donors (Lipinski definition) is 2. The van der Waals surface area contributed by atoms with Crippen LogP contribution in [0.5, 0.6) is 0 Å². The summed E-state index contributed by atoms with van der Waals surface area (Å²) >= 11 is 0. The summed E-state index contributed by atoms with van der Waals surface area (Å²) in [6, 6.07) is 1.54. The van der Waals surface area contributed by atoms with Crippen molar-refractivity contribution in [2.24, 2.45) is 5.73 Å². The molecule has 0 fully saturated rings. The van der Waals surface area contributed by atoms with Crippen LogP contribution in [0, 0.1) is 0 Å². The Morgan fingerprint density at radius 2 is 2.29 bits per heavy atom. The van der Waals surface area contributed by atoms with E-state index in [0.717, 1.165) is 0 Å². The van der Waals surface area contributed by atoms with Gasteiger partial charge in [0.2, 0.25) is 0 Å². The minimum Gasteiger partial charge on any atom is -0.454 e. The van der Waals surface area contributed by atoms with Crippen molar-refractivity contribution >= 4 is 17.7 Å². The Morgan fingerprint density at radius 1 is 1.57 bits per heavy atom. The molecule has 0 aromatic carbocycles. The molecular weight excluding hydrogens is 188 g/mol. The van der Waals surface area contributed by atoms with E-state index >= 15 is 0 Å². The van der Waals surface area contributed by atoms with Crippen molar-refractivity contribution in [2.45, 2.75) is 6.54 Å². The molecule has 0 aliphatic heterocycles. The van der Waals surface area contributed by atoms with Crippen LogP contribution in [0.15, 0.2) is 12.3 Å². The number of ether oxygens (including phenoxy) is 1. The van der Waals surface area contributed by atoms with Gasteiger partial charge in [-0.05, 0) is 6.07 Å². The maximum absolute atomic E-state index is 11.0. The molecule has 0 spiro atoms. The van der Waals surface area contributed by atoms with Crippen molar-refractivity contribution in [1.29, 1.82) is 0 Å². The Bertz CT molecular complexity index is 346. The second kappa shape index (κ2) is 4.26. The largest absolute Gasteiger partial charge is 0.454 e. The van der Waals surface area contributed by atoms with Gasteiger partial charge in [-0.15, -0.1) is 0 Å². The number of carbonyl (C=O) groups excluding carboxylic acids is 2. The van der Waals surface area contributed by atoms with Gasteiger partial charge < -0.3 is 16.2 Å². The second-order valence-corrected chi connectivity index (χ2v) is 2.57. The van der Waals surface area contributed by atoms with E-state index in [1.807, 2.05) is 0 Å². The van der Waals surface area contributed by atoms with Crippen LogP contribution in [-0.4, -0.2) is 28.3 Å². The van der Waals surface area contributed by atoms with Gasteiger partial charge in [0.1, 0.15) is 12.4 Å². The first-order valence-corrected chi connectivity index (χ1v) is 3.81. The Kier molecular flexibility index (Phi) is 3.05. The molecule has 1 aromatic rings. The van der Waals surface area contributed by atoms with Crippen molar-refractivity contribution < 1.29 is 14.3 Å². The molecule has 76 valence electrons. The van der Waals surface area contributed by atoms with E-state index in [0.29, 0.717) is 5.82 Å². The molecule has 1 heterocycles. The molecule has 1 aromatic heterocycles. The molecule has 4 N–H and O–H groups in total. The lowest BCUT2D eigenvalue weighted by atomic mass is 10.6. The van der Waals surface area contributed by atoms with Gasteiger partial charge in [-0.2, -0.15) is 5.10 Å². The molecule has 0 aliphatic rings. The van der Waals surface area contributed by atoms with E-state index < -0.39 is 18.5 Å². The fraction of sp³-hybridized carbons (Fsp3) is 0.286. The number of anilines is 1. The highest BCUT2D eigenvalue weighted by Crippen LogP contribution is 1.95. The Morgan fingerprint density at radius 3 is 2.79 bits per heavy atom. The summed E-state index contributed by atoms with van der Waals surface area (Å²) in [5.74, 6) is -0.974. The van der Waals surface area contributed by atoms with E-state index in [4.69, 9.17) is 11.5 Å². The molecule has 0 aliphatic carbocycles. The maximum atomic E-state index is 11.0. The van der Waals surface area contributed by atoms with Crippen molar-refractivity contribution in [2.75, 3.05) is 12.3 Å². The first-order chi connectivity index (χ1) is 6.58. The predicted molar refractivity (Wildman–Crippen MR) is 46.8 cm³/mol. The third-order valence-corrected chi connectivity index (χ3v) is 1.33. The number of primary amides is 1. The minimum absolute atomic E-state index is 0.0928. The van der Waals surface area contributed by atoms with Crippen LogP contribution in [0.4, 0.5) is 5.82 Å². The van der Waals surface area contributed by atoms with Gasteiger partial charge in [-0.3, -0.25) is 14.3 Å². The Hall–Kier alpha value is -2.05. The number of nitrogen functional groups attached to an aromatic ring is 1. The fourth-order valence-corrected chi connectivity index (χ4v) is 0.795. The summed E-state index contributed by atoms with van der Waals surface area (Å²) in [6.45, 7) is -0.514. The van der Waals surface area contributed by atoms with Gasteiger partial charge in [-0.1, -0.05) is 0 Å². The molecule has 7 heteroatoms. The number of hydrogen-bond acceptors (Lipinski definition) is 5. The molecule has 1 rings (SSSR count). The first kappa shape index (κ1) is 10.0. The van der Waals surface area contributed by atoms with Crippen LogP contribution >= 0.6 is 0 Å². The summed E-state index contributed by atoms with van der Waals surface area (Å²) in [7, 11) is 0. The van der Waals surface area contributed by atoms with Gasteiger partial charge in [-0.25, -0.2) is 0 Å². The topological polar surface area (TPSA) is 113 Å². The van der Waals surface area contributed by atoms with Gasteiger partial charge in [0, 0.05) is 6.20 Å². The Labute approximate surface area is 79.6 Å².